The molecule has 2 aliphatic heterocycles. The monoisotopic (exact) mass is 430 g/mol. The molecule has 0 fully saturated rings. The Hall–Kier alpha value is -4.02. The van der Waals surface area contributed by atoms with Gasteiger partial charge in [-0.3, -0.25) is 14.9 Å². The quantitative estimate of drug-likeness (QED) is 0.430. The van der Waals surface area contributed by atoms with Crippen LogP contribution < -0.4 is 24.3 Å². The third-order valence-corrected chi connectivity index (χ3v) is 4.54. The van der Waals surface area contributed by atoms with E-state index >= 15 is 0 Å². The maximum absolute atomic E-state index is 12.6. The van der Waals surface area contributed by atoms with E-state index in [0.29, 0.717) is 30.4 Å². The maximum atomic E-state index is 12.6. The summed E-state index contributed by atoms with van der Waals surface area (Å²) in [5.41, 5.74) is -0.426. The molecule has 2 aliphatic rings. The van der Waals surface area contributed by atoms with Gasteiger partial charge < -0.3 is 29.0 Å². The Morgan fingerprint density at radius 2 is 1.55 bits per heavy atom. The lowest BCUT2D eigenvalue weighted by Crippen LogP contribution is -2.30. The molecule has 1 amide bonds. The van der Waals surface area contributed by atoms with Gasteiger partial charge in [0, 0.05) is 17.8 Å². The van der Waals surface area contributed by atoms with E-state index in [1.54, 1.807) is 18.2 Å². The van der Waals surface area contributed by atoms with Crippen molar-refractivity contribution in [1.82, 2.24) is 0 Å². The number of esters is 1. The van der Waals surface area contributed by atoms with Crippen LogP contribution in [0, 0.1) is 10.1 Å². The number of fused-ring (bicyclic) bond motifs is 2. The van der Waals surface area contributed by atoms with Crippen LogP contribution in [0.25, 0.3) is 0 Å². The predicted octanol–water partition coefficient (Wildman–Crippen LogP) is 2.32. The number of hydrogen-bond donors (Lipinski definition) is 1. The van der Waals surface area contributed by atoms with Crippen LogP contribution in [0.5, 0.6) is 23.0 Å². The standard InChI is InChI=1S/C20H18N2O9/c1-11(19(23)21-12-2-3-15-16(8-12)28-5-4-27-15)31-20(24)13-9-17-18(30-7-6-29-17)10-14(13)22(25)26/h2-3,8-11H,4-7H2,1H3,(H,21,23)/t11-/m0/s1. The summed E-state index contributed by atoms with van der Waals surface area (Å²) in [6.45, 7) is 2.68. The number of nitro benzene ring substituents is 1. The third-order valence-electron chi connectivity index (χ3n) is 4.54. The Morgan fingerprint density at radius 3 is 2.19 bits per heavy atom. The molecule has 11 nitrogen and oxygen atoms in total. The molecule has 2 aromatic rings. The lowest BCUT2D eigenvalue weighted by atomic mass is 10.1. The number of ether oxygens (including phenoxy) is 5. The smallest absolute Gasteiger partial charge is 0.346 e. The summed E-state index contributed by atoms with van der Waals surface area (Å²) in [7, 11) is 0. The number of rotatable bonds is 5. The molecule has 0 aromatic heterocycles. The lowest BCUT2D eigenvalue weighted by Gasteiger charge is -2.20. The van der Waals surface area contributed by atoms with E-state index in [4.69, 9.17) is 23.7 Å². The molecule has 2 heterocycles. The van der Waals surface area contributed by atoms with E-state index < -0.39 is 28.6 Å². The van der Waals surface area contributed by atoms with Crippen molar-refractivity contribution in [3.05, 3.63) is 46.0 Å². The molecule has 0 radical (unpaired) electrons. The van der Waals surface area contributed by atoms with Gasteiger partial charge in [-0.15, -0.1) is 0 Å². The molecule has 4 rings (SSSR count). The van der Waals surface area contributed by atoms with Crippen LogP contribution in [0.1, 0.15) is 17.3 Å². The highest BCUT2D eigenvalue weighted by Crippen LogP contribution is 2.37. The van der Waals surface area contributed by atoms with Crippen LogP contribution in [0.3, 0.4) is 0 Å². The number of nitrogens with one attached hydrogen (secondary N) is 1. The van der Waals surface area contributed by atoms with Crippen molar-refractivity contribution in [2.24, 2.45) is 0 Å². The summed E-state index contributed by atoms with van der Waals surface area (Å²) >= 11 is 0. The fraction of sp³-hybridized carbons (Fsp3) is 0.300. The van der Waals surface area contributed by atoms with E-state index in [9.17, 15) is 19.7 Å². The first-order chi connectivity index (χ1) is 14.9. The number of carbonyl (C=O) groups is 2. The fourth-order valence-corrected chi connectivity index (χ4v) is 3.04. The molecule has 31 heavy (non-hydrogen) atoms. The summed E-state index contributed by atoms with van der Waals surface area (Å²) in [5.74, 6) is -0.245. The number of hydrogen-bond acceptors (Lipinski definition) is 9. The molecule has 0 aliphatic carbocycles. The van der Waals surface area contributed by atoms with Gasteiger partial charge in [0.05, 0.1) is 11.0 Å². The average Bonchev–Trinajstić information content (AvgIpc) is 2.77. The van der Waals surface area contributed by atoms with E-state index in [2.05, 4.69) is 5.32 Å². The Bertz CT molecular complexity index is 1050. The zero-order chi connectivity index (χ0) is 22.0. The SMILES string of the molecule is C[C@H](OC(=O)c1cc2c(cc1[N+](=O)[O-])OCCO2)C(=O)Nc1ccc2c(c1)OCCO2. The predicted molar refractivity (Wildman–Crippen MR) is 105 cm³/mol. The van der Waals surface area contributed by atoms with Crippen molar-refractivity contribution in [3.63, 3.8) is 0 Å². The van der Waals surface area contributed by atoms with Gasteiger partial charge in [-0.2, -0.15) is 0 Å². The van der Waals surface area contributed by atoms with Gasteiger partial charge in [-0.05, 0) is 19.1 Å². The second kappa shape index (κ2) is 8.38. The molecule has 0 spiro atoms. The van der Waals surface area contributed by atoms with E-state index in [0.717, 1.165) is 6.07 Å². The van der Waals surface area contributed by atoms with Crippen molar-refractivity contribution in [3.8, 4) is 23.0 Å². The summed E-state index contributed by atoms with van der Waals surface area (Å²) in [5, 5.41) is 14.0. The zero-order valence-electron chi connectivity index (χ0n) is 16.4. The second-order valence-corrected chi connectivity index (χ2v) is 6.67. The third kappa shape index (κ3) is 4.29. The summed E-state index contributed by atoms with van der Waals surface area (Å²) in [6, 6.07) is 7.14. The molecular formula is C20H18N2O9. The van der Waals surface area contributed by atoms with Crippen LogP contribution in [0.15, 0.2) is 30.3 Å². The molecule has 11 heteroatoms. The summed E-state index contributed by atoms with van der Waals surface area (Å²) in [4.78, 5) is 35.7. The van der Waals surface area contributed by atoms with Crippen LogP contribution in [0.4, 0.5) is 11.4 Å². The molecule has 1 N–H and O–H groups in total. The average molecular weight is 430 g/mol. The molecule has 162 valence electrons. The van der Waals surface area contributed by atoms with Crippen LogP contribution in [-0.4, -0.2) is 49.3 Å². The maximum Gasteiger partial charge on any atom is 0.346 e. The van der Waals surface area contributed by atoms with E-state index in [1.807, 2.05) is 0 Å². The Kier molecular flexibility index (Phi) is 5.48. The largest absolute Gasteiger partial charge is 0.486 e. The highest BCUT2D eigenvalue weighted by molar-refractivity contribution is 5.99. The zero-order valence-corrected chi connectivity index (χ0v) is 16.4. The van der Waals surface area contributed by atoms with Gasteiger partial charge in [0.25, 0.3) is 11.6 Å². The van der Waals surface area contributed by atoms with Gasteiger partial charge in [-0.1, -0.05) is 0 Å². The van der Waals surface area contributed by atoms with Gasteiger partial charge >= 0.3 is 5.97 Å². The molecule has 2 aromatic carbocycles. The minimum absolute atomic E-state index is 0.166. The Labute approximate surface area is 175 Å². The topological polar surface area (TPSA) is 135 Å². The van der Waals surface area contributed by atoms with Gasteiger partial charge in [0.15, 0.2) is 29.1 Å². The number of benzene rings is 2. The fourth-order valence-electron chi connectivity index (χ4n) is 3.04. The van der Waals surface area contributed by atoms with Crippen LogP contribution >= 0.6 is 0 Å². The summed E-state index contributed by atoms with van der Waals surface area (Å²) < 4.78 is 26.7. The highest BCUT2D eigenvalue weighted by Gasteiger charge is 2.29. The first kappa shape index (κ1) is 20.3. The van der Waals surface area contributed by atoms with E-state index in [1.165, 1.54) is 13.0 Å². The molecular weight excluding hydrogens is 412 g/mol. The van der Waals surface area contributed by atoms with Gasteiger partial charge in [0.2, 0.25) is 0 Å². The minimum Gasteiger partial charge on any atom is -0.486 e. The Morgan fingerprint density at radius 1 is 0.968 bits per heavy atom. The molecule has 0 saturated heterocycles. The normalized spacial score (nSPS) is 14.9. The number of nitrogens with zero attached hydrogens (tertiary/aromatic N) is 1. The van der Waals surface area contributed by atoms with Crippen LogP contribution in [-0.2, 0) is 9.53 Å². The number of anilines is 1. The first-order valence-corrected chi connectivity index (χ1v) is 9.42. The Balaban J connectivity index is 1.47. The van der Waals surface area contributed by atoms with Crippen molar-refractivity contribution < 1.29 is 38.2 Å². The number of amides is 1. The number of nitro groups is 1. The first-order valence-electron chi connectivity index (χ1n) is 9.42. The molecule has 0 bridgehead atoms. The summed E-state index contributed by atoms with van der Waals surface area (Å²) in [6.07, 6.45) is -1.23. The molecule has 0 unspecified atom stereocenters. The minimum atomic E-state index is -1.23. The van der Waals surface area contributed by atoms with Crippen molar-refractivity contribution in [2.75, 3.05) is 31.7 Å². The molecule has 1 atom stereocenters. The van der Waals surface area contributed by atoms with Crippen molar-refractivity contribution in [1.29, 1.82) is 0 Å². The van der Waals surface area contributed by atoms with Gasteiger partial charge in [0.1, 0.15) is 32.0 Å². The number of carbonyl (C=O) groups excluding carboxylic acids is 2. The second-order valence-electron chi connectivity index (χ2n) is 6.67. The van der Waals surface area contributed by atoms with Crippen molar-refractivity contribution in [2.45, 2.75) is 13.0 Å². The highest BCUT2D eigenvalue weighted by atomic mass is 16.6. The van der Waals surface area contributed by atoms with Gasteiger partial charge in [-0.25, -0.2) is 4.79 Å². The van der Waals surface area contributed by atoms with Crippen molar-refractivity contribution >= 4 is 23.3 Å². The lowest BCUT2D eigenvalue weighted by molar-refractivity contribution is -0.385. The van der Waals surface area contributed by atoms with E-state index in [-0.39, 0.29) is 30.3 Å². The van der Waals surface area contributed by atoms with Crippen LogP contribution in [0.2, 0.25) is 0 Å². The molecule has 0 saturated carbocycles.